The standard InChI is InChI=1S/C27H33N5O/c1-4-21(3)29-27(33)24-18-28-25(23-12-10-20(2)11-13-23)30-26(24)32-16-14-31(15-17-32)19-22-8-6-5-7-9-22/h5-13,18,21H,4,14-17,19H2,1-3H3,(H,29,33)/t21-/m0/s1. The fraction of sp³-hybridized carbons (Fsp3) is 0.370. The molecule has 0 radical (unpaired) electrons. The molecule has 2 aromatic carbocycles. The van der Waals surface area contributed by atoms with E-state index in [0.717, 1.165) is 50.5 Å². The molecule has 6 heteroatoms. The highest BCUT2D eigenvalue weighted by Crippen LogP contribution is 2.24. The van der Waals surface area contributed by atoms with E-state index < -0.39 is 0 Å². The minimum Gasteiger partial charge on any atom is -0.353 e. The Labute approximate surface area is 196 Å². The lowest BCUT2D eigenvalue weighted by Gasteiger charge is -2.36. The van der Waals surface area contributed by atoms with Crippen LogP contribution >= 0.6 is 0 Å². The van der Waals surface area contributed by atoms with Crippen molar-refractivity contribution in [2.24, 2.45) is 0 Å². The van der Waals surface area contributed by atoms with Gasteiger partial charge in [-0.05, 0) is 25.8 Å². The second kappa shape index (κ2) is 10.6. The molecule has 0 spiro atoms. The molecular formula is C27H33N5O. The zero-order chi connectivity index (χ0) is 23.2. The van der Waals surface area contributed by atoms with Gasteiger partial charge in [0.25, 0.3) is 5.91 Å². The van der Waals surface area contributed by atoms with Crippen LogP contribution in [0.1, 0.15) is 41.8 Å². The van der Waals surface area contributed by atoms with Crippen LogP contribution in [0.2, 0.25) is 0 Å². The predicted molar refractivity (Wildman–Crippen MR) is 133 cm³/mol. The molecule has 1 atom stereocenters. The van der Waals surface area contributed by atoms with Gasteiger partial charge in [-0.3, -0.25) is 9.69 Å². The molecule has 4 rings (SSSR count). The number of hydrogen-bond donors (Lipinski definition) is 1. The molecule has 33 heavy (non-hydrogen) atoms. The molecule has 0 bridgehead atoms. The van der Waals surface area contributed by atoms with Crippen LogP contribution in [0.4, 0.5) is 5.82 Å². The summed E-state index contributed by atoms with van der Waals surface area (Å²) in [5.41, 5.74) is 4.02. The summed E-state index contributed by atoms with van der Waals surface area (Å²) in [5.74, 6) is 1.26. The molecule has 1 N–H and O–H groups in total. The Morgan fingerprint density at radius 3 is 2.39 bits per heavy atom. The summed E-state index contributed by atoms with van der Waals surface area (Å²) in [7, 11) is 0. The van der Waals surface area contributed by atoms with Gasteiger partial charge in [-0.15, -0.1) is 0 Å². The molecule has 1 saturated heterocycles. The minimum atomic E-state index is -0.110. The summed E-state index contributed by atoms with van der Waals surface area (Å²) < 4.78 is 0. The van der Waals surface area contributed by atoms with Crippen molar-refractivity contribution in [3.63, 3.8) is 0 Å². The minimum absolute atomic E-state index is 0.102. The van der Waals surface area contributed by atoms with Gasteiger partial charge in [-0.1, -0.05) is 67.1 Å². The van der Waals surface area contributed by atoms with E-state index in [1.54, 1.807) is 6.20 Å². The van der Waals surface area contributed by atoms with Gasteiger partial charge in [0.1, 0.15) is 11.4 Å². The first-order chi connectivity index (χ1) is 16.0. The fourth-order valence-corrected chi connectivity index (χ4v) is 3.98. The monoisotopic (exact) mass is 443 g/mol. The molecule has 0 aliphatic carbocycles. The van der Waals surface area contributed by atoms with Crippen LogP contribution in [-0.4, -0.2) is 53.0 Å². The third-order valence-corrected chi connectivity index (χ3v) is 6.23. The van der Waals surface area contributed by atoms with Crippen LogP contribution in [0.3, 0.4) is 0 Å². The van der Waals surface area contributed by atoms with Crippen molar-refractivity contribution in [2.75, 3.05) is 31.1 Å². The molecule has 3 aromatic rings. The molecule has 1 aromatic heterocycles. The quantitative estimate of drug-likeness (QED) is 0.590. The number of piperazine rings is 1. The maximum Gasteiger partial charge on any atom is 0.256 e. The number of benzene rings is 2. The summed E-state index contributed by atoms with van der Waals surface area (Å²) in [5, 5.41) is 3.08. The summed E-state index contributed by atoms with van der Waals surface area (Å²) >= 11 is 0. The largest absolute Gasteiger partial charge is 0.353 e. The van der Waals surface area contributed by atoms with E-state index in [9.17, 15) is 4.79 Å². The Morgan fingerprint density at radius 2 is 1.73 bits per heavy atom. The second-order valence-corrected chi connectivity index (χ2v) is 8.83. The molecule has 2 heterocycles. The van der Waals surface area contributed by atoms with E-state index in [1.165, 1.54) is 11.1 Å². The number of anilines is 1. The predicted octanol–water partition coefficient (Wildman–Crippen LogP) is 4.30. The van der Waals surface area contributed by atoms with Gasteiger partial charge >= 0.3 is 0 Å². The number of nitrogens with zero attached hydrogens (tertiary/aromatic N) is 4. The number of aryl methyl sites for hydroxylation is 1. The van der Waals surface area contributed by atoms with Crippen LogP contribution in [0.15, 0.2) is 60.8 Å². The Balaban J connectivity index is 1.56. The van der Waals surface area contributed by atoms with Crippen molar-refractivity contribution in [1.82, 2.24) is 20.2 Å². The summed E-state index contributed by atoms with van der Waals surface area (Å²) in [4.78, 5) is 27.2. The number of rotatable bonds is 7. The molecule has 1 fully saturated rings. The van der Waals surface area contributed by atoms with Gasteiger partial charge in [0.05, 0.1) is 0 Å². The number of nitrogens with one attached hydrogen (secondary N) is 1. The van der Waals surface area contributed by atoms with Crippen LogP contribution in [-0.2, 0) is 6.54 Å². The van der Waals surface area contributed by atoms with Crippen molar-refractivity contribution in [3.8, 4) is 11.4 Å². The smallest absolute Gasteiger partial charge is 0.256 e. The van der Waals surface area contributed by atoms with Gasteiger partial charge in [-0.2, -0.15) is 0 Å². The number of hydrogen-bond acceptors (Lipinski definition) is 5. The first kappa shape index (κ1) is 22.9. The number of carbonyl (C=O) groups is 1. The van der Waals surface area contributed by atoms with Gasteiger partial charge in [-0.25, -0.2) is 9.97 Å². The average Bonchev–Trinajstić information content (AvgIpc) is 2.85. The van der Waals surface area contributed by atoms with Crippen molar-refractivity contribution in [3.05, 3.63) is 77.5 Å². The lowest BCUT2D eigenvalue weighted by molar-refractivity contribution is 0.0939. The van der Waals surface area contributed by atoms with Crippen LogP contribution in [0, 0.1) is 6.92 Å². The topological polar surface area (TPSA) is 61.4 Å². The molecule has 172 valence electrons. The van der Waals surface area contributed by atoms with E-state index in [-0.39, 0.29) is 11.9 Å². The van der Waals surface area contributed by atoms with E-state index in [4.69, 9.17) is 4.98 Å². The Hall–Kier alpha value is -3.25. The summed E-state index contributed by atoms with van der Waals surface area (Å²) in [6, 6.07) is 18.8. The molecule has 0 saturated carbocycles. The van der Waals surface area contributed by atoms with Gasteiger partial charge in [0.2, 0.25) is 0 Å². The van der Waals surface area contributed by atoms with Crippen LogP contribution < -0.4 is 10.2 Å². The normalized spacial score (nSPS) is 15.3. The van der Waals surface area contributed by atoms with Crippen molar-refractivity contribution < 1.29 is 4.79 Å². The lowest BCUT2D eigenvalue weighted by Crippen LogP contribution is -2.47. The molecule has 1 aliphatic rings. The number of amides is 1. The third kappa shape index (κ3) is 5.76. The number of aromatic nitrogens is 2. The second-order valence-electron chi connectivity index (χ2n) is 8.83. The van der Waals surface area contributed by atoms with E-state index >= 15 is 0 Å². The molecule has 1 amide bonds. The van der Waals surface area contributed by atoms with Crippen molar-refractivity contribution in [2.45, 2.75) is 39.8 Å². The highest BCUT2D eigenvalue weighted by Gasteiger charge is 2.25. The average molecular weight is 444 g/mol. The summed E-state index contributed by atoms with van der Waals surface area (Å²) in [6.07, 6.45) is 2.56. The van der Waals surface area contributed by atoms with Crippen molar-refractivity contribution >= 4 is 11.7 Å². The highest BCUT2D eigenvalue weighted by molar-refractivity contribution is 5.99. The first-order valence-corrected chi connectivity index (χ1v) is 11.8. The van der Waals surface area contributed by atoms with E-state index in [2.05, 4.69) is 70.3 Å². The van der Waals surface area contributed by atoms with Crippen LogP contribution in [0.25, 0.3) is 11.4 Å². The third-order valence-electron chi connectivity index (χ3n) is 6.23. The zero-order valence-corrected chi connectivity index (χ0v) is 19.8. The van der Waals surface area contributed by atoms with Gasteiger partial charge in [0, 0.05) is 50.5 Å². The molecule has 0 unspecified atom stereocenters. The Morgan fingerprint density at radius 1 is 1.03 bits per heavy atom. The van der Waals surface area contributed by atoms with Crippen molar-refractivity contribution in [1.29, 1.82) is 0 Å². The zero-order valence-electron chi connectivity index (χ0n) is 19.8. The lowest BCUT2D eigenvalue weighted by atomic mass is 10.1. The Bertz CT molecular complexity index is 1060. The summed E-state index contributed by atoms with van der Waals surface area (Å²) in [6.45, 7) is 10.6. The number of carbonyl (C=O) groups excluding carboxylic acids is 1. The molecule has 1 aliphatic heterocycles. The van der Waals surface area contributed by atoms with Gasteiger partial charge in [0.15, 0.2) is 5.82 Å². The molecule has 6 nitrogen and oxygen atoms in total. The fourth-order valence-electron chi connectivity index (χ4n) is 3.98. The maximum atomic E-state index is 13.0. The van der Waals surface area contributed by atoms with E-state index in [1.807, 2.05) is 25.1 Å². The molecular weight excluding hydrogens is 410 g/mol. The van der Waals surface area contributed by atoms with E-state index in [0.29, 0.717) is 11.4 Å². The van der Waals surface area contributed by atoms with Gasteiger partial charge < -0.3 is 10.2 Å². The SMILES string of the molecule is CC[C@H](C)NC(=O)c1cnc(-c2ccc(C)cc2)nc1N1CCN(Cc2ccccc2)CC1. The Kier molecular flexibility index (Phi) is 7.35. The van der Waals surface area contributed by atoms with Crippen LogP contribution in [0.5, 0.6) is 0 Å². The highest BCUT2D eigenvalue weighted by atomic mass is 16.1. The first-order valence-electron chi connectivity index (χ1n) is 11.8. The maximum absolute atomic E-state index is 13.0.